The molecule has 2 rings (SSSR count). The number of esters is 1. The molecule has 0 heterocycles. The summed E-state index contributed by atoms with van der Waals surface area (Å²) in [5, 5.41) is 8.52. The molecule has 0 radical (unpaired) electrons. The third-order valence-corrected chi connectivity index (χ3v) is 4.40. The number of hydrogen-bond donors (Lipinski definition) is 0. The second-order valence-electron chi connectivity index (χ2n) is 6.17. The fraction of sp³-hybridized carbons (Fsp3) is 0.333. The van der Waals surface area contributed by atoms with Crippen molar-refractivity contribution in [2.24, 2.45) is 17.3 Å². The molecule has 1 fully saturated rings. The Balaban J connectivity index is 2.18. The number of benzene rings is 1. The standard InChI is InChI=1S/C18H13F4NO2/c1-4-9-13(19)15(21)10(16(22)14(9)20)8-25-17(24)12-11(6-5-7-23)18(12,2)3/h1,5-6,11-12H,8H2,2-3H3/b6-5+. The van der Waals surface area contributed by atoms with Gasteiger partial charge in [0.1, 0.15) is 12.2 Å². The molecule has 1 aromatic rings. The van der Waals surface area contributed by atoms with E-state index < -0.39 is 58.3 Å². The summed E-state index contributed by atoms with van der Waals surface area (Å²) in [6, 6.07) is 1.80. The number of ether oxygens (including phenoxy) is 1. The van der Waals surface area contributed by atoms with E-state index in [0.29, 0.717) is 0 Å². The van der Waals surface area contributed by atoms with E-state index in [2.05, 4.69) is 0 Å². The van der Waals surface area contributed by atoms with Crippen LogP contribution >= 0.6 is 0 Å². The van der Waals surface area contributed by atoms with Gasteiger partial charge in [-0.1, -0.05) is 25.8 Å². The van der Waals surface area contributed by atoms with Gasteiger partial charge in [0.25, 0.3) is 0 Å². The van der Waals surface area contributed by atoms with Gasteiger partial charge in [0.2, 0.25) is 0 Å². The number of carbonyl (C=O) groups is 1. The van der Waals surface area contributed by atoms with E-state index in [1.54, 1.807) is 19.9 Å². The Kier molecular flexibility index (Phi) is 4.89. The maximum atomic E-state index is 13.8. The van der Waals surface area contributed by atoms with Crippen molar-refractivity contribution in [3.05, 3.63) is 46.5 Å². The third-order valence-electron chi connectivity index (χ3n) is 4.40. The van der Waals surface area contributed by atoms with Crippen molar-refractivity contribution >= 4 is 5.97 Å². The summed E-state index contributed by atoms with van der Waals surface area (Å²) >= 11 is 0. The van der Waals surface area contributed by atoms with Crippen LogP contribution in [0.2, 0.25) is 0 Å². The zero-order valence-corrected chi connectivity index (χ0v) is 13.4. The van der Waals surface area contributed by atoms with Gasteiger partial charge in [0, 0.05) is 6.08 Å². The predicted octanol–water partition coefficient (Wildman–Crippen LogP) is 3.62. The van der Waals surface area contributed by atoms with Crippen molar-refractivity contribution < 1.29 is 27.1 Å². The molecule has 0 bridgehead atoms. The number of halogens is 4. The summed E-state index contributed by atoms with van der Waals surface area (Å²) in [6.07, 6.45) is 7.58. The molecular weight excluding hydrogens is 338 g/mol. The van der Waals surface area contributed by atoms with Gasteiger partial charge in [-0.15, -0.1) is 6.42 Å². The Morgan fingerprint density at radius 3 is 2.28 bits per heavy atom. The van der Waals surface area contributed by atoms with Gasteiger partial charge < -0.3 is 4.74 Å². The van der Waals surface area contributed by atoms with Gasteiger partial charge in [0.05, 0.1) is 17.6 Å². The molecule has 0 aliphatic heterocycles. The molecule has 1 aliphatic carbocycles. The maximum Gasteiger partial charge on any atom is 0.310 e. The van der Waals surface area contributed by atoms with Gasteiger partial charge in [-0.2, -0.15) is 5.26 Å². The fourth-order valence-corrected chi connectivity index (χ4v) is 2.80. The molecule has 1 saturated carbocycles. The SMILES string of the molecule is C#Cc1c(F)c(F)c(COC(=O)C2C(/C=C/C#N)C2(C)C)c(F)c1F. The van der Waals surface area contributed by atoms with Crippen LogP contribution in [0, 0.1) is 64.2 Å². The predicted molar refractivity (Wildman–Crippen MR) is 79.5 cm³/mol. The van der Waals surface area contributed by atoms with E-state index in [9.17, 15) is 22.4 Å². The lowest BCUT2D eigenvalue weighted by Crippen LogP contribution is -2.14. The minimum atomic E-state index is -1.71. The highest BCUT2D eigenvalue weighted by molar-refractivity contribution is 5.78. The van der Waals surface area contributed by atoms with E-state index >= 15 is 0 Å². The molecule has 0 spiro atoms. The number of nitrogens with zero attached hydrogens (tertiary/aromatic N) is 1. The molecule has 0 amide bonds. The zero-order chi connectivity index (χ0) is 18.9. The molecular formula is C18H13F4NO2. The smallest absolute Gasteiger partial charge is 0.310 e. The van der Waals surface area contributed by atoms with Crippen LogP contribution in [0.1, 0.15) is 25.0 Å². The Hall–Kier alpha value is -2.80. The molecule has 1 aromatic carbocycles. The number of carbonyl (C=O) groups excluding carboxylic acids is 1. The van der Waals surface area contributed by atoms with Crippen LogP contribution in [0.4, 0.5) is 17.6 Å². The Morgan fingerprint density at radius 2 is 1.80 bits per heavy atom. The normalized spacial score (nSPS) is 20.8. The van der Waals surface area contributed by atoms with Crippen molar-refractivity contribution in [2.45, 2.75) is 20.5 Å². The van der Waals surface area contributed by atoms with E-state index in [4.69, 9.17) is 16.4 Å². The zero-order valence-electron chi connectivity index (χ0n) is 13.4. The highest BCUT2D eigenvalue weighted by atomic mass is 19.2. The average Bonchev–Trinajstić information content (AvgIpc) is 3.12. The van der Waals surface area contributed by atoms with Gasteiger partial charge >= 0.3 is 5.97 Å². The molecule has 25 heavy (non-hydrogen) atoms. The summed E-state index contributed by atoms with van der Waals surface area (Å²) < 4.78 is 59.7. The first-order valence-electron chi connectivity index (χ1n) is 7.22. The molecule has 3 nitrogen and oxygen atoms in total. The summed E-state index contributed by atoms with van der Waals surface area (Å²) in [7, 11) is 0. The topological polar surface area (TPSA) is 50.1 Å². The quantitative estimate of drug-likeness (QED) is 0.274. The monoisotopic (exact) mass is 351 g/mol. The number of hydrogen-bond acceptors (Lipinski definition) is 3. The Morgan fingerprint density at radius 1 is 1.24 bits per heavy atom. The van der Waals surface area contributed by atoms with Crippen molar-refractivity contribution in [1.29, 1.82) is 5.26 Å². The second-order valence-corrected chi connectivity index (χ2v) is 6.17. The second kappa shape index (κ2) is 6.60. The summed E-state index contributed by atoms with van der Waals surface area (Å²) in [6.45, 7) is 2.54. The van der Waals surface area contributed by atoms with Gasteiger partial charge in [0.15, 0.2) is 23.3 Å². The molecule has 2 unspecified atom stereocenters. The van der Waals surface area contributed by atoms with Crippen molar-refractivity contribution in [1.82, 2.24) is 0 Å². The first kappa shape index (κ1) is 18.5. The van der Waals surface area contributed by atoms with Gasteiger partial charge in [-0.05, 0) is 11.3 Å². The number of rotatable bonds is 4. The lowest BCUT2D eigenvalue weighted by Gasteiger charge is -2.10. The first-order valence-corrected chi connectivity index (χ1v) is 7.22. The lowest BCUT2D eigenvalue weighted by atomic mass is 10.1. The lowest BCUT2D eigenvalue weighted by molar-refractivity contribution is -0.147. The Bertz CT molecular complexity index is 817. The van der Waals surface area contributed by atoms with Crippen LogP contribution in [0.25, 0.3) is 0 Å². The molecule has 130 valence electrons. The van der Waals surface area contributed by atoms with Gasteiger partial charge in [-0.3, -0.25) is 4.79 Å². The average molecular weight is 351 g/mol. The highest BCUT2D eigenvalue weighted by Crippen LogP contribution is 2.59. The fourth-order valence-electron chi connectivity index (χ4n) is 2.80. The van der Waals surface area contributed by atoms with Crippen LogP contribution in [-0.4, -0.2) is 5.97 Å². The number of nitriles is 1. The minimum absolute atomic E-state index is 0.272. The van der Waals surface area contributed by atoms with Crippen molar-refractivity contribution in [2.75, 3.05) is 0 Å². The number of terminal acetylenes is 1. The molecule has 7 heteroatoms. The third kappa shape index (κ3) is 3.10. The molecule has 0 saturated heterocycles. The van der Waals surface area contributed by atoms with Crippen LogP contribution in [-0.2, 0) is 16.1 Å². The largest absolute Gasteiger partial charge is 0.460 e. The summed E-state index contributed by atoms with van der Waals surface area (Å²) in [4.78, 5) is 12.1. The van der Waals surface area contributed by atoms with E-state index in [1.165, 1.54) is 18.1 Å². The maximum absolute atomic E-state index is 13.8. The Labute approximate surface area is 141 Å². The number of allylic oxidation sites excluding steroid dienone is 2. The van der Waals surface area contributed by atoms with Crippen molar-refractivity contribution in [3.63, 3.8) is 0 Å². The van der Waals surface area contributed by atoms with Crippen molar-refractivity contribution in [3.8, 4) is 18.4 Å². The van der Waals surface area contributed by atoms with E-state index in [1.807, 2.05) is 0 Å². The molecule has 1 aliphatic rings. The van der Waals surface area contributed by atoms with Gasteiger partial charge in [-0.25, -0.2) is 17.6 Å². The van der Waals surface area contributed by atoms with Crippen LogP contribution in [0.15, 0.2) is 12.2 Å². The summed E-state index contributed by atoms with van der Waals surface area (Å²) in [5.74, 6) is -6.97. The molecule has 2 atom stereocenters. The van der Waals surface area contributed by atoms with Crippen LogP contribution in [0.5, 0.6) is 0 Å². The van der Waals surface area contributed by atoms with Crippen LogP contribution < -0.4 is 0 Å². The van der Waals surface area contributed by atoms with E-state index in [0.717, 1.165) is 0 Å². The molecule has 0 N–H and O–H groups in total. The van der Waals surface area contributed by atoms with E-state index in [-0.39, 0.29) is 5.92 Å². The highest BCUT2D eigenvalue weighted by Gasteiger charge is 2.61. The first-order chi connectivity index (χ1) is 11.7. The summed E-state index contributed by atoms with van der Waals surface area (Å²) in [5.41, 5.74) is -2.70. The minimum Gasteiger partial charge on any atom is -0.460 e. The molecule has 0 aromatic heterocycles. The van der Waals surface area contributed by atoms with Crippen LogP contribution in [0.3, 0.4) is 0 Å².